The molecule has 0 fully saturated rings. The SMILES string of the molecule is CCCc1nc2ccc(Br)cc2c(=O)n1N=Cc1cc(OCC)c(O[C@H](C)C(=O)OCC)c(Cl)c1Br. The number of carbonyl (C=O) groups excluding carboxylic acids is 1. The largest absolute Gasteiger partial charge is 0.490 e. The van der Waals surface area contributed by atoms with Crippen molar-refractivity contribution in [3.63, 3.8) is 0 Å². The van der Waals surface area contributed by atoms with Gasteiger partial charge in [-0.1, -0.05) is 34.5 Å². The lowest BCUT2D eigenvalue weighted by atomic mass is 10.2. The summed E-state index contributed by atoms with van der Waals surface area (Å²) in [6, 6.07) is 7.04. The lowest BCUT2D eigenvalue weighted by molar-refractivity contribution is -0.150. The lowest BCUT2D eigenvalue weighted by Crippen LogP contribution is -2.26. The lowest BCUT2D eigenvalue weighted by Gasteiger charge is -2.19. The highest BCUT2D eigenvalue weighted by molar-refractivity contribution is 9.10. The standard InChI is InChI=1S/C25H26Br2ClN3O5/c1-5-8-20-30-18-10-9-16(26)12-17(18)24(32)31(20)29-13-15-11-19(34-6-2)23(22(28)21(15)27)36-14(4)25(33)35-7-3/h9-14H,5-8H2,1-4H3/t14-/m1/s1. The summed E-state index contributed by atoms with van der Waals surface area (Å²) >= 11 is 13.5. The Hall–Kier alpha value is -2.43. The molecule has 1 atom stereocenters. The number of hydrogen-bond donors (Lipinski definition) is 0. The number of nitrogens with zero attached hydrogens (tertiary/aromatic N) is 3. The van der Waals surface area contributed by atoms with E-state index in [4.69, 9.17) is 25.8 Å². The van der Waals surface area contributed by atoms with Crippen LogP contribution in [0.15, 0.2) is 43.1 Å². The Morgan fingerprint density at radius 3 is 2.64 bits per heavy atom. The maximum atomic E-state index is 13.3. The predicted octanol–water partition coefficient (Wildman–Crippen LogP) is 6.14. The summed E-state index contributed by atoms with van der Waals surface area (Å²) in [5, 5.41) is 5.11. The zero-order valence-electron chi connectivity index (χ0n) is 20.3. The molecule has 11 heteroatoms. The first-order valence-electron chi connectivity index (χ1n) is 11.4. The average Bonchev–Trinajstić information content (AvgIpc) is 2.85. The van der Waals surface area contributed by atoms with Crippen molar-refractivity contribution in [3.8, 4) is 11.5 Å². The van der Waals surface area contributed by atoms with Crippen molar-refractivity contribution in [2.75, 3.05) is 13.2 Å². The summed E-state index contributed by atoms with van der Waals surface area (Å²) in [4.78, 5) is 30.0. The van der Waals surface area contributed by atoms with Crippen LogP contribution in [0.4, 0.5) is 0 Å². The fraction of sp³-hybridized carbons (Fsp3) is 0.360. The van der Waals surface area contributed by atoms with Crippen molar-refractivity contribution in [3.05, 3.63) is 60.0 Å². The molecule has 0 saturated carbocycles. The van der Waals surface area contributed by atoms with Crippen LogP contribution in [0.5, 0.6) is 11.5 Å². The van der Waals surface area contributed by atoms with Gasteiger partial charge in [0.2, 0.25) is 0 Å². The second-order valence-corrected chi connectivity index (χ2v) is 9.75. The van der Waals surface area contributed by atoms with Gasteiger partial charge in [0.1, 0.15) is 10.8 Å². The maximum Gasteiger partial charge on any atom is 0.347 e. The Labute approximate surface area is 230 Å². The Balaban J connectivity index is 2.08. The van der Waals surface area contributed by atoms with Crippen LogP contribution in [0.3, 0.4) is 0 Å². The van der Waals surface area contributed by atoms with Crippen molar-refractivity contribution < 1.29 is 19.0 Å². The van der Waals surface area contributed by atoms with Gasteiger partial charge in [-0.25, -0.2) is 9.78 Å². The molecule has 1 aromatic heterocycles. The van der Waals surface area contributed by atoms with Crippen LogP contribution in [-0.2, 0) is 16.0 Å². The molecule has 0 radical (unpaired) electrons. The highest BCUT2D eigenvalue weighted by Crippen LogP contribution is 2.43. The maximum absolute atomic E-state index is 13.3. The van der Waals surface area contributed by atoms with E-state index in [1.165, 1.54) is 10.9 Å². The van der Waals surface area contributed by atoms with Gasteiger partial charge in [0.05, 0.1) is 30.3 Å². The average molecular weight is 644 g/mol. The van der Waals surface area contributed by atoms with E-state index >= 15 is 0 Å². The summed E-state index contributed by atoms with van der Waals surface area (Å²) in [5.41, 5.74) is 0.873. The first-order chi connectivity index (χ1) is 17.2. The molecule has 0 unspecified atom stereocenters. The number of hydrogen-bond acceptors (Lipinski definition) is 7. The van der Waals surface area contributed by atoms with E-state index in [1.807, 2.05) is 19.9 Å². The van der Waals surface area contributed by atoms with Crippen molar-refractivity contribution in [2.24, 2.45) is 5.10 Å². The summed E-state index contributed by atoms with van der Waals surface area (Å²) in [6.07, 6.45) is 1.97. The zero-order valence-corrected chi connectivity index (χ0v) is 24.2. The van der Waals surface area contributed by atoms with Crippen LogP contribution in [-0.4, -0.2) is 41.2 Å². The monoisotopic (exact) mass is 641 g/mol. The quantitative estimate of drug-likeness (QED) is 0.195. The molecule has 2 aromatic carbocycles. The second-order valence-electron chi connectivity index (χ2n) is 7.67. The molecule has 0 bridgehead atoms. The molecule has 0 aliphatic carbocycles. The van der Waals surface area contributed by atoms with Gasteiger partial charge >= 0.3 is 5.97 Å². The molecule has 36 heavy (non-hydrogen) atoms. The van der Waals surface area contributed by atoms with Gasteiger partial charge < -0.3 is 14.2 Å². The van der Waals surface area contributed by atoms with E-state index in [-0.39, 0.29) is 22.9 Å². The molecule has 0 spiro atoms. The summed E-state index contributed by atoms with van der Waals surface area (Å²) in [5.74, 6) is 0.550. The van der Waals surface area contributed by atoms with Crippen molar-refractivity contribution in [1.29, 1.82) is 0 Å². The van der Waals surface area contributed by atoms with Gasteiger partial charge in [0, 0.05) is 20.9 Å². The molecule has 3 rings (SSSR count). The molecule has 0 N–H and O–H groups in total. The van der Waals surface area contributed by atoms with E-state index in [1.54, 1.807) is 32.0 Å². The number of rotatable bonds is 10. The van der Waals surface area contributed by atoms with E-state index in [0.717, 1.165) is 10.9 Å². The third kappa shape index (κ3) is 6.27. The Bertz CT molecular complexity index is 1360. The van der Waals surface area contributed by atoms with Crippen LogP contribution in [0.1, 0.15) is 45.5 Å². The zero-order chi connectivity index (χ0) is 26.4. The van der Waals surface area contributed by atoms with Crippen LogP contribution in [0.25, 0.3) is 10.9 Å². The van der Waals surface area contributed by atoms with Crippen molar-refractivity contribution in [1.82, 2.24) is 9.66 Å². The molecule has 1 heterocycles. The molecule has 0 aliphatic heterocycles. The van der Waals surface area contributed by atoms with Crippen molar-refractivity contribution in [2.45, 2.75) is 46.6 Å². The molecule has 0 saturated heterocycles. The second kappa shape index (κ2) is 12.7. The van der Waals surface area contributed by atoms with Gasteiger partial charge in [0.15, 0.2) is 17.6 Å². The molecule has 8 nitrogen and oxygen atoms in total. The van der Waals surface area contributed by atoms with E-state index in [0.29, 0.717) is 45.5 Å². The van der Waals surface area contributed by atoms with Crippen LogP contribution >= 0.6 is 43.5 Å². The van der Waals surface area contributed by atoms with E-state index < -0.39 is 12.1 Å². The van der Waals surface area contributed by atoms with Crippen LogP contribution < -0.4 is 15.0 Å². The summed E-state index contributed by atoms with van der Waals surface area (Å²) < 4.78 is 19.1. The van der Waals surface area contributed by atoms with E-state index in [2.05, 4.69) is 41.9 Å². The van der Waals surface area contributed by atoms with Crippen molar-refractivity contribution >= 4 is 66.5 Å². The summed E-state index contributed by atoms with van der Waals surface area (Å²) in [6.45, 7) is 7.68. The number of fused-ring (bicyclic) bond motifs is 1. The number of carbonyl (C=O) groups is 1. The normalized spacial score (nSPS) is 12.2. The molecule has 192 valence electrons. The Morgan fingerprint density at radius 1 is 1.22 bits per heavy atom. The molecular formula is C25H26Br2ClN3O5. The van der Waals surface area contributed by atoms with Crippen LogP contribution in [0, 0.1) is 0 Å². The fourth-order valence-electron chi connectivity index (χ4n) is 3.37. The van der Waals surface area contributed by atoms with Gasteiger partial charge in [-0.05, 0) is 67.4 Å². The minimum atomic E-state index is -0.897. The van der Waals surface area contributed by atoms with Gasteiger partial charge in [0.25, 0.3) is 5.56 Å². The molecular weight excluding hydrogens is 618 g/mol. The third-order valence-electron chi connectivity index (χ3n) is 5.03. The van der Waals surface area contributed by atoms with Gasteiger partial charge in [-0.2, -0.15) is 9.78 Å². The highest BCUT2D eigenvalue weighted by atomic mass is 79.9. The van der Waals surface area contributed by atoms with Gasteiger partial charge in [-0.3, -0.25) is 4.79 Å². The van der Waals surface area contributed by atoms with Gasteiger partial charge in [-0.15, -0.1) is 0 Å². The summed E-state index contributed by atoms with van der Waals surface area (Å²) in [7, 11) is 0. The first-order valence-corrected chi connectivity index (χ1v) is 13.4. The topological polar surface area (TPSA) is 92.0 Å². The number of ether oxygens (including phenoxy) is 3. The number of benzene rings is 2. The third-order valence-corrected chi connectivity index (χ3v) is 6.97. The minimum absolute atomic E-state index is 0.195. The molecule has 0 amide bonds. The number of halogens is 3. The van der Waals surface area contributed by atoms with Crippen LogP contribution in [0.2, 0.25) is 5.02 Å². The number of esters is 1. The fourth-order valence-corrected chi connectivity index (χ4v) is 4.38. The predicted molar refractivity (Wildman–Crippen MR) is 148 cm³/mol. The minimum Gasteiger partial charge on any atom is -0.490 e. The molecule has 3 aromatic rings. The van der Waals surface area contributed by atoms with E-state index in [9.17, 15) is 9.59 Å². The Morgan fingerprint density at radius 2 is 1.97 bits per heavy atom. The first kappa shape index (κ1) is 28.1. The Kier molecular flexibility index (Phi) is 9.92. The molecule has 0 aliphatic rings. The number of aromatic nitrogens is 2. The number of aryl methyl sites for hydroxylation is 1. The highest BCUT2D eigenvalue weighted by Gasteiger charge is 2.23. The smallest absolute Gasteiger partial charge is 0.347 e.